The van der Waals surface area contributed by atoms with Gasteiger partial charge in [-0.25, -0.2) is 0 Å². The molecule has 0 spiro atoms. The van der Waals surface area contributed by atoms with Crippen LogP contribution in [-0.4, -0.2) is 19.6 Å². The highest BCUT2D eigenvalue weighted by atomic mass is 79.9. The van der Waals surface area contributed by atoms with Crippen LogP contribution in [0.25, 0.3) is 0 Å². The van der Waals surface area contributed by atoms with Crippen molar-refractivity contribution >= 4 is 21.6 Å². The highest BCUT2D eigenvalue weighted by Crippen LogP contribution is 2.16. The van der Waals surface area contributed by atoms with Gasteiger partial charge in [0, 0.05) is 16.7 Å². The lowest BCUT2D eigenvalue weighted by Crippen LogP contribution is -2.31. The van der Waals surface area contributed by atoms with Gasteiger partial charge in [-0.2, -0.15) is 0 Å². The molecule has 0 unspecified atom stereocenters. The third-order valence-corrected chi connectivity index (χ3v) is 3.43. The molecule has 0 amide bonds. The zero-order valence-corrected chi connectivity index (χ0v) is 10.4. The molecule has 3 heteroatoms. The van der Waals surface area contributed by atoms with Gasteiger partial charge in [-0.05, 0) is 56.1 Å². The summed E-state index contributed by atoms with van der Waals surface area (Å²) >= 11 is 3.44. The average Bonchev–Trinajstić information content (AvgIpc) is 2.30. The Morgan fingerprint density at radius 3 is 2.53 bits per heavy atom. The van der Waals surface area contributed by atoms with E-state index in [9.17, 15) is 0 Å². The first kappa shape index (κ1) is 11.0. The van der Waals surface area contributed by atoms with E-state index in [-0.39, 0.29) is 0 Å². The quantitative estimate of drug-likeness (QED) is 0.881. The molecule has 0 atom stereocenters. The van der Waals surface area contributed by atoms with Crippen LogP contribution in [0.3, 0.4) is 0 Å². The summed E-state index contributed by atoms with van der Waals surface area (Å²) in [4.78, 5) is 0. The molecular weight excluding hydrogens is 252 g/mol. The second kappa shape index (κ2) is 5.52. The summed E-state index contributed by atoms with van der Waals surface area (Å²) in [6, 6.07) is 8.38. The number of hydrogen-bond acceptors (Lipinski definition) is 2. The Balaban J connectivity index is 1.79. The van der Waals surface area contributed by atoms with Crippen molar-refractivity contribution in [2.24, 2.45) is 5.92 Å². The van der Waals surface area contributed by atoms with Crippen LogP contribution in [-0.2, 0) is 0 Å². The topological polar surface area (TPSA) is 24.1 Å². The van der Waals surface area contributed by atoms with Gasteiger partial charge in [-0.3, -0.25) is 0 Å². The number of piperidine rings is 1. The molecular formula is C12H17BrN2. The van der Waals surface area contributed by atoms with Crippen molar-refractivity contribution in [2.45, 2.75) is 12.8 Å². The predicted octanol–water partition coefficient (Wildman–Crippen LogP) is 2.86. The van der Waals surface area contributed by atoms with Gasteiger partial charge < -0.3 is 10.6 Å². The van der Waals surface area contributed by atoms with Crippen LogP contribution >= 0.6 is 15.9 Å². The third kappa shape index (κ3) is 3.50. The first-order chi connectivity index (χ1) is 7.34. The lowest BCUT2D eigenvalue weighted by Gasteiger charge is -2.23. The normalized spacial score (nSPS) is 17.7. The van der Waals surface area contributed by atoms with Crippen LogP contribution in [0.2, 0.25) is 0 Å². The molecule has 1 aromatic carbocycles. The number of benzene rings is 1. The lowest BCUT2D eigenvalue weighted by molar-refractivity contribution is 0.390. The number of halogens is 1. The zero-order chi connectivity index (χ0) is 10.5. The highest BCUT2D eigenvalue weighted by Gasteiger charge is 2.11. The summed E-state index contributed by atoms with van der Waals surface area (Å²) < 4.78 is 1.13. The Morgan fingerprint density at radius 1 is 1.20 bits per heavy atom. The Bertz CT molecular complexity index is 291. The SMILES string of the molecule is Brc1ccc(NCC2CCNCC2)cc1. The zero-order valence-electron chi connectivity index (χ0n) is 8.80. The van der Waals surface area contributed by atoms with Gasteiger partial charge in [-0.1, -0.05) is 15.9 Å². The van der Waals surface area contributed by atoms with Crippen LogP contribution in [0.1, 0.15) is 12.8 Å². The number of nitrogens with one attached hydrogen (secondary N) is 2. The molecule has 0 bridgehead atoms. The Kier molecular flexibility index (Phi) is 4.03. The van der Waals surface area contributed by atoms with Crippen molar-refractivity contribution in [1.29, 1.82) is 0 Å². The van der Waals surface area contributed by atoms with Gasteiger partial charge in [0.05, 0.1) is 0 Å². The van der Waals surface area contributed by atoms with E-state index in [4.69, 9.17) is 0 Å². The van der Waals surface area contributed by atoms with E-state index in [2.05, 4.69) is 50.8 Å². The van der Waals surface area contributed by atoms with Crippen molar-refractivity contribution < 1.29 is 0 Å². The number of rotatable bonds is 3. The van der Waals surface area contributed by atoms with Gasteiger partial charge in [-0.15, -0.1) is 0 Å². The minimum Gasteiger partial charge on any atom is -0.385 e. The first-order valence-electron chi connectivity index (χ1n) is 5.55. The minimum atomic E-state index is 0.829. The maximum Gasteiger partial charge on any atom is 0.0341 e. The molecule has 1 heterocycles. The second-order valence-electron chi connectivity index (χ2n) is 4.08. The minimum absolute atomic E-state index is 0.829. The summed E-state index contributed by atoms with van der Waals surface area (Å²) in [5.41, 5.74) is 1.22. The fraction of sp³-hybridized carbons (Fsp3) is 0.500. The number of anilines is 1. The predicted molar refractivity (Wildman–Crippen MR) is 68.2 cm³/mol. The van der Waals surface area contributed by atoms with Gasteiger partial charge in [0.25, 0.3) is 0 Å². The molecule has 0 saturated carbocycles. The molecule has 82 valence electrons. The van der Waals surface area contributed by atoms with E-state index in [1.807, 2.05) is 0 Å². The summed E-state index contributed by atoms with van der Waals surface area (Å²) in [5, 5.41) is 6.88. The molecule has 0 aromatic heterocycles. The second-order valence-corrected chi connectivity index (χ2v) is 5.00. The highest BCUT2D eigenvalue weighted by molar-refractivity contribution is 9.10. The number of hydrogen-bond donors (Lipinski definition) is 2. The molecule has 15 heavy (non-hydrogen) atoms. The fourth-order valence-electron chi connectivity index (χ4n) is 1.92. The van der Waals surface area contributed by atoms with Crippen molar-refractivity contribution in [3.8, 4) is 0 Å². The molecule has 1 aromatic rings. The maximum atomic E-state index is 3.49. The van der Waals surface area contributed by atoms with E-state index in [0.717, 1.165) is 16.9 Å². The van der Waals surface area contributed by atoms with Gasteiger partial charge in [0.1, 0.15) is 0 Å². The molecule has 2 nitrogen and oxygen atoms in total. The largest absolute Gasteiger partial charge is 0.385 e. The van der Waals surface area contributed by atoms with Gasteiger partial charge in [0.2, 0.25) is 0 Å². The third-order valence-electron chi connectivity index (χ3n) is 2.90. The standard InChI is InChI=1S/C12H17BrN2/c13-11-1-3-12(4-2-11)15-9-10-5-7-14-8-6-10/h1-4,10,14-15H,5-9H2. The molecule has 1 aliphatic heterocycles. The van der Waals surface area contributed by atoms with E-state index in [1.54, 1.807) is 0 Å². The van der Waals surface area contributed by atoms with E-state index < -0.39 is 0 Å². The van der Waals surface area contributed by atoms with Crippen molar-refractivity contribution in [3.05, 3.63) is 28.7 Å². The maximum absolute atomic E-state index is 3.49. The molecule has 0 aliphatic carbocycles. The Hall–Kier alpha value is -0.540. The van der Waals surface area contributed by atoms with Crippen molar-refractivity contribution in [1.82, 2.24) is 5.32 Å². The van der Waals surface area contributed by atoms with Gasteiger partial charge >= 0.3 is 0 Å². The monoisotopic (exact) mass is 268 g/mol. The summed E-state index contributed by atoms with van der Waals surface area (Å²) in [5.74, 6) is 0.829. The van der Waals surface area contributed by atoms with Gasteiger partial charge in [0.15, 0.2) is 0 Å². The molecule has 2 rings (SSSR count). The van der Waals surface area contributed by atoms with E-state index >= 15 is 0 Å². The fourth-order valence-corrected chi connectivity index (χ4v) is 2.18. The molecule has 1 aliphatic rings. The lowest BCUT2D eigenvalue weighted by atomic mass is 9.98. The van der Waals surface area contributed by atoms with E-state index in [0.29, 0.717) is 0 Å². The average molecular weight is 269 g/mol. The van der Waals surface area contributed by atoms with E-state index in [1.165, 1.54) is 31.6 Å². The summed E-state index contributed by atoms with van der Waals surface area (Å²) in [6.45, 7) is 3.45. The van der Waals surface area contributed by atoms with Crippen LogP contribution in [0.15, 0.2) is 28.7 Å². The summed E-state index contributed by atoms with van der Waals surface area (Å²) in [6.07, 6.45) is 2.59. The Morgan fingerprint density at radius 2 is 1.87 bits per heavy atom. The summed E-state index contributed by atoms with van der Waals surface area (Å²) in [7, 11) is 0. The smallest absolute Gasteiger partial charge is 0.0341 e. The van der Waals surface area contributed by atoms with Crippen LogP contribution < -0.4 is 10.6 Å². The molecule has 2 N–H and O–H groups in total. The molecule has 0 radical (unpaired) electrons. The Labute approximate surface area is 99.6 Å². The first-order valence-corrected chi connectivity index (χ1v) is 6.34. The van der Waals surface area contributed by atoms with Crippen LogP contribution in [0, 0.1) is 5.92 Å². The van der Waals surface area contributed by atoms with Crippen molar-refractivity contribution in [3.63, 3.8) is 0 Å². The molecule has 1 fully saturated rings. The van der Waals surface area contributed by atoms with Crippen molar-refractivity contribution in [2.75, 3.05) is 25.0 Å². The van der Waals surface area contributed by atoms with Crippen LogP contribution in [0.5, 0.6) is 0 Å². The van der Waals surface area contributed by atoms with Crippen LogP contribution in [0.4, 0.5) is 5.69 Å². The molecule has 1 saturated heterocycles.